The third kappa shape index (κ3) is 1.91. The number of phenols is 1. The van der Waals surface area contributed by atoms with Crippen LogP contribution in [0.5, 0.6) is 5.75 Å². The molecule has 1 N–H and O–H groups in total. The highest BCUT2D eigenvalue weighted by Gasteiger charge is 2.43. The molecule has 4 rings (SSSR count). The number of aryl methyl sites for hydroxylation is 1. The van der Waals surface area contributed by atoms with Crippen molar-refractivity contribution in [1.29, 1.82) is 0 Å². The molecule has 2 aromatic rings. The third-order valence-electron chi connectivity index (χ3n) is 5.93. The number of hydrogen-bond donors (Lipinski definition) is 1. The van der Waals surface area contributed by atoms with Crippen molar-refractivity contribution < 1.29 is 5.11 Å². The number of hydrogen-bond acceptors (Lipinski definition) is 1. The van der Waals surface area contributed by atoms with E-state index in [1.807, 2.05) is 6.92 Å². The van der Waals surface area contributed by atoms with Gasteiger partial charge >= 0.3 is 0 Å². The van der Waals surface area contributed by atoms with Gasteiger partial charge in [-0.15, -0.1) is 0 Å². The van der Waals surface area contributed by atoms with Crippen LogP contribution < -0.4 is 0 Å². The van der Waals surface area contributed by atoms with Crippen molar-refractivity contribution in [2.75, 3.05) is 0 Å². The van der Waals surface area contributed by atoms with E-state index < -0.39 is 0 Å². The lowest BCUT2D eigenvalue weighted by Gasteiger charge is -2.30. The molecule has 22 heavy (non-hydrogen) atoms. The lowest BCUT2D eigenvalue weighted by molar-refractivity contribution is 0.308. The zero-order valence-electron chi connectivity index (χ0n) is 13.5. The fourth-order valence-electron chi connectivity index (χ4n) is 4.97. The van der Waals surface area contributed by atoms with Crippen LogP contribution >= 0.6 is 0 Å². The molecule has 0 saturated heterocycles. The quantitative estimate of drug-likeness (QED) is 0.743. The average molecular weight is 292 g/mol. The Morgan fingerprint density at radius 2 is 1.73 bits per heavy atom. The summed E-state index contributed by atoms with van der Waals surface area (Å²) in [7, 11) is 0. The summed E-state index contributed by atoms with van der Waals surface area (Å²) in [6.45, 7) is 4.14. The molecule has 0 aromatic heterocycles. The molecule has 3 atom stereocenters. The van der Waals surface area contributed by atoms with Crippen molar-refractivity contribution >= 4 is 0 Å². The van der Waals surface area contributed by atoms with Crippen LogP contribution in [0.2, 0.25) is 0 Å². The molecule has 1 nitrogen and oxygen atoms in total. The summed E-state index contributed by atoms with van der Waals surface area (Å²) in [6, 6.07) is 13.2. The van der Waals surface area contributed by atoms with Crippen LogP contribution in [0.1, 0.15) is 65.3 Å². The third-order valence-corrected chi connectivity index (χ3v) is 5.93. The summed E-state index contributed by atoms with van der Waals surface area (Å²) in [6.07, 6.45) is 5.33. The topological polar surface area (TPSA) is 20.2 Å². The molecule has 1 saturated carbocycles. The Kier molecular flexibility index (Phi) is 3.25. The average Bonchev–Trinajstić information content (AvgIpc) is 2.88. The Labute approximate surface area is 133 Å². The summed E-state index contributed by atoms with van der Waals surface area (Å²) < 4.78 is 0. The van der Waals surface area contributed by atoms with E-state index >= 15 is 0 Å². The molecular weight excluding hydrogens is 268 g/mol. The molecule has 2 aromatic carbocycles. The van der Waals surface area contributed by atoms with Crippen LogP contribution in [0.3, 0.4) is 0 Å². The number of aromatic hydroxyl groups is 1. The Balaban J connectivity index is 1.94. The zero-order chi connectivity index (χ0) is 15.3. The fraction of sp³-hybridized carbons (Fsp3) is 0.429. The van der Waals surface area contributed by atoms with Crippen LogP contribution in [-0.4, -0.2) is 5.11 Å². The van der Waals surface area contributed by atoms with Crippen molar-refractivity contribution in [1.82, 2.24) is 0 Å². The first-order valence-corrected chi connectivity index (χ1v) is 8.56. The van der Waals surface area contributed by atoms with E-state index in [0.29, 0.717) is 23.5 Å². The van der Waals surface area contributed by atoms with Crippen molar-refractivity contribution in [3.8, 4) is 5.75 Å². The van der Waals surface area contributed by atoms with Crippen LogP contribution in [-0.2, 0) is 0 Å². The van der Waals surface area contributed by atoms with Gasteiger partial charge in [0.2, 0.25) is 0 Å². The second kappa shape index (κ2) is 5.15. The smallest absolute Gasteiger partial charge is 0.121 e. The largest absolute Gasteiger partial charge is 0.507 e. The van der Waals surface area contributed by atoms with E-state index in [-0.39, 0.29) is 0 Å². The molecule has 2 aliphatic rings. The second-order valence-electron chi connectivity index (χ2n) is 7.11. The Morgan fingerprint density at radius 1 is 1.00 bits per heavy atom. The van der Waals surface area contributed by atoms with Crippen LogP contribution in [0.4, 0.5) is 0 Å². The molecule has 2 aliphatic carbocycles. The van der Waals surface area contributed by atoms with Gasteiger partial charge in [-0.25, -0.2) is 0 Å². The standard InChI is InChI=1S/C21H24O/c1-13-12-18-16-10-6-7-11-17(16)20(15-8-4-3-5-9-15)19(18)14(2)21(13)22/h3-5,8-9,12,16-17,20,22H,6-7,10-11H2,1-2H3/t16-,17+,20-/m0/s1. The van der Waals surface area contributed by atoms with Crippen LogP contribution in [0, 0.1) is 19.8 Å². The summed E-state index contributed by atoms with van der Waals surface area (Å²) in [5.41, 5.74) is 6.51. The lowest BCUT2D eigenvalue weighted by Crippen LogP contribution is -2.17. The highest BCUT2D eigenvalue weighted by molar-refractivity contribution is 5.57. The summed E-state index contributed by atoms with van der Waals surface area (Å²) in [4.78, 5) is 0. The van der Waals surface area contributed by atoms with Crippen LogP contribution in [0.15, 0.2) is 36.4 Å². The highest BCUT2D eigenvalue weighted by atomic mass is 16.3. The summed E-state index contributed by atoms with van der Waals surface area (Å²) in [5, 5.41) is 10.5. The molecule has 0 amide bonds. The van der Waals surface area contributed by atoms with Gasteiger partial charge in [0.25, 0.3) is 0 Å². The van der Waals surface area contributed by atoms with E-state index in [0.717, 1.165) is 11.1 Å². The van der Waals surface area contributed by atoms with Gasteiger partial charge in [-0.05, 0) is 66.3 Å². The first-order valence-electron chi connectivity index (χ1n) is 8.56. The minimum atomic E-state index is 0.466. The molecule has 0 unspecified atom stereocenters. The normalized spacial score (nSPS) is 26.5. The maximum absolute atomic E-state index is 10.5. The molecule has 0 bridgehead atoms. The second-order valence-corrected chi connectivity index (χ2v) is 7.11. The van der Waals surface area contributed by atoms with Gasteiger partial charge in [0.1, 0.15) is 5.75 Å². The number of fused-ring (bicyclic) bond motifs is 3. The van der Waals surface area contributed by atoms with E-state index in [4.69, 9.17) is 0 Å². The van der Waals surface area contributed by atoms with Gasteiger partial charge < -0.3 is 5.11 Å². The highest BCUT2D eigenvalue weighted by Crippen LogP contribution is 2.57. The molecule has 114 valence electrons. The minimum absolute atomic E-state index is 0.466. The first-order chi connectivity index (χ1) is 10.7. The predicted octanol–water partition coefficient (Wildman–Crippen LogP) is 5.43. The zero-order valence-corrected chi connectivity index (χ0v) is 13.5. The Bertz CT molecular complexity index is 702. The van der Waals surface area contributed by atoms with Crippen LogP contribution in [0.25, 0.3) is 0 Å². The molecular formula is C21H24O. The van der Waals surface area contributed by atoms with E-state index in [1.165, 1.54) is 42.4 Å². The Morgan fingerprint density at radius 3 is 2.50 bits per heavy atom. The Hall–Kier alpha value is -1.76. The van der Waals surface area contributed by atoms with E-state index in [9.17, 15) is 5.11 Å². The maximum atomic E-state index is 10.5. The molecule has 0 aliphatic heterocycles. The molecule has 0 radical (unpaired) electrons. The van der Waals surface area contributed by atoms with Crippen molar-refractivity contribution in [3.63, 3.8) is 0 Å². The summed E-state index contributed by atoms with van der Waals surface area (Å²) in [5.74, 6) is 2.37. The molecule has 0 spiro atoms. The van der Waals surface area contributed by atoms with Gasteiger partial charge in [-0.1, -0.05) is 49.2 Å². The van der Waals surface area contributed by atoms with Gasteiger partial charge in [-0.2, -0.15) is 0 Å². The number of rotatable bonds is 1. The minimum Gasteiger partial charge on any atom is -0.507 e. The first kappa shape index (κ1) is 13.9. The predicted molar refractivity (Wildman–Crippen MR) is 90.6 cm³/mol. The molecule has 1 heteroatoms. The van der Waals surface area contributed by atoms with Crippen molar-refractivity contribution in [2.24, 2.45) is 5.92 Å². The maximum Gasteiger partial charge on any atom is 0.121 e. The van der Waals surface area contributed by atoms with E-state index in [1.54, 1.807) is 0 Å². The van der Waals surface area contributed by atoms with E-state index in [2.05, 4.69) is 43.3 Å². The van der Waals surface area contributed by atoms with Gasteiger partial charge in [0.15, 0.2) is 0 Å². The van der Waals surface area contributed by atoms with Gasteiger partial charge in [0, 0.05) is 5.92 Å². The number of benzene rings is 2. The van der Waals surface area contributed by atoms with Crippen molar-refractivity contribution in [2.45, 2.75) is 51.4 Å². The summed E-state index contributed by atoms with van der Waals surface area (Å²) >= 11 is 0. The molecule has 1 fully saturated rings. The fourth-order valence-corrected chi connectivity index (χ4v) is 4.97. The van der Waals surface area contributed by atoms with Crippen molar-refractivity contribution in [3.05, 3.63) is 64.2 Å². The SMILES string of the molecule is Cc1cc2c(c(C)c1O)[C@@H](c1ccccc1)[C@@H]1CCCC[C@H]21. The van der Waals surface area contributed by atoms with Gasteiger partial charge in [-0.3, -0.25) is 0 Å². The molecule has 0 heterocycles. The monoisotopic (exact) mass is 292 g/mol. The van der Waals surface area contributed by atoms with Gasteiger partial charge in [0.05, 0.1) is 0 Å². The number of phenolic OH excluding ortho intramolecular Hbond substituents is 1. The lowest BCUT2D eigenvalue weighted by atomic mass is 9.74.